The summed E-state index contributed by atoms with van der Waals surface area (Å²) >= 11 is 0. The highest BCUT2D eigenvalue weighted by atomic mass is 28.3. The van der Waals surface area contributed by atoms with Gasteiger partial charge in [0.2, 0.25) is 0 Å². The number of aromatic nitrogens is 1. The summed E-state index contributed by atoms with van der Waals surface area (Å²) in [6, 6.07) is 8.03. The van der Waals surface area contributed by atoms with Crippen LogP contribution in [-0.4, -0.2) is 38.7 Å². The maximum Gasteiger partial charge on any atom is 0.323 e. The largest absolute Gasteiger partial charge is 0.468 e. The molecule has 0 radical (unpaired) electrons. The lowest BCUT2D eigenvalue weighted by molar-refractivity contribution is -0.143. The molecule has 1 atom stereocenters. The normalized spacial score (nSPS) is 20.5. The van der Waals surface area contributed by atoms with Crippen LogP contribution in [0.1, 0.15) is 18.2 Å². The molecule has 1 aromatic carbocycles. The van der Waals surface area contributed by atoms with Crippen LogP contribution >= 0.6 is 0 Å². The van der Waals surface area contributed by atoms with Gasteiger partial charge in [-0.25, -0.2) is 0 Å². The van der Waals surface area contributed by atoms with Gasteiger partial charge in [-0.2, -0.15) is 0 Å². The van der Waals surface area contributed by atoms with Gasteiger partial charge in [-0.15, -0.1) is 0 Å². The first-order valence-corrected chi connectivity index (χ1v) is 11.9. The third-order valence-corrected chi connectivity index (χ3v) is 7.66. The number of esters is 1. The molecule has 2 N–H and O–H groups in total. The lowest BCUT2D eigenvalue weighted by Gasteiger charge is -2.22. The molecule has 0 saturated carbocycles. The average Bonchev–Trinajstić information content (AvgIpc) is 2.80. The highest BCUT2D eigenvalue weighted by Crippen LogP contribution is 2.34. The van der Waals surface area contributed by atoms with Crippen LogP contribution in [0.2, 0.25) is 19.6 Å². The standard InChI is InChI=1S/C19H26N2O2Si/c1-12(24(3,4)5)15-11-20-17(19(22)23-2)10-14-13-8-6-7-9-16(13)21-18(14)15/h6-9,17,20-21H,10-11H2,1-5H3/b15-12+/t17-/m0/s1. The molecule has 0 amide bonds. The molecule has 1 aliphatic heterocycles. The second kappa shape index (κ2) is 6.22. The Kier molecular flexibility index (Phi) is 4.40. The summed E-state index contributed by atoms with van der Waals surface area (Å²) in [7, 11) is 0.0116. The number of H-pyrrole nitrogens is 1. The van der Waals surface area contributed by atoms with Crippen molar-refractivity contribution < 1.29 is 9.53 Å². The van der Waals surface area contributed by atoms with Gasteiger partial charge in [-0.05, 0) is 24.1 Å². The predicted molar refractivity (Wildman–Crippen MR) is 102 cm³/mol. The van der Waals surface area contributed by atoms with E-state index in [1.807, 2.05) is 6.07 Å². The van der Waals surface area contributed by atoms with Gasteiger partial charge in [0.05, 0.1) is 15.2 Å². The van der Waals surface area contributed by atoms with E-state index in [-0.39, 0.29) is 12.0 Å². The third-order valence-electron chi connectivity index (χ3n) is 5.11. The van der Waals surface area contributed by atoms with E-state index in [4.69, 9.17) is 4.74 Å². The van der Waals surface area contributed by atoms with Crippen LogP contribution in [0, 0.1) is 0 Å². The predicted octanol–water partition coefficient (Wildman–Crippen LogP) is 3.51. The van der Waals surface area contributed by atoms with E-state index in [0.29, 0.717) is 13.0 Å². The van der Waals surface area contributed by atoms with Crippen LogP contribution in [0.15, 0.2) is 29.5 Å². The van der Waals surface area contributed by atoms with Crippen molar-refractivity contribution >= 4 is 30.5 Å². The smallest absolute Gasteiger partial charge is 0.323 e. The van der Waals surface area contributed by atoms with Crippen molar-refractivity contribution in [1.82, 2.24) is 10.3 Å². The van der Waals surface area contributed by atoms with Crippen LogP contribution in [-0.2, 0) is 16.0 Å². The Morgan fingerprint density at radius 1 is 1.25 bits per heavy atom. The Morgan fingerprint density at radius 2 is 1.96 bits per heavy atom. The van der Waals surface area contributed by atoms with Gasteiger partial charge in [0.25, 0.3) is 0 Å². The zero-order valence-electron chi connectivity index (χ0n) is 15.1. The third kappa shape index (κ3) is 2.94. The highest BCUT2D eigenvalue weighted by molar-refractivity contribution is 6.83. The van der Waals surface area contributed by atoms with Crippen LogP contribution in [0.5, 0.6) is 0 Å². The molecule has 0 aliphatic carbocycles. The van der Waals surface area contributed by atoms with E-state index >= 15 is 0 Å². The van der Waals surface area contributed by atoms with Crippen molar-refractivity contribution in [3.05, 3.63) is 40.7 Å². The molecule has 0 fully saturated rings. The molecule has 0 saturated heterocycles. The quantitative estimate of drug-likeness (QED) is 0.649. The monoisotopic (exact) mass is 342 g/mol. The molecule has 0 unspecified atom stereocenters. The molecule has 1 aromatic heterocycles. The Bertz CT molecular complexity index is 814. The fraction of sp³-hybridized carbons (Fsp3) is 0.421. The summed E-state index contributed by atoms with van der Waals surface area (Å²) < 4.78 is 4.99. The molecule has 4 nitrogen and oxygen atoms in total. The molecular weight excluding hydrogens is 316 g/mol. The summed E-state index contributed by atoms with van der Waals surface area (Å²) in [5.74, 6) is -0.196. The number of benzene rings is 1. The number of carbonyl (C=O) groups is 1. The Morgan fingerprint density at radius 3 is 2.62 bits per heavy atom. The van der Waals surface area contributed by atoms with Crippen LogP contribution in [0.3, 0.4) is 0 Å². The van der Waals surface area contributed by atoms with Gasteiger partial charge in [0, 0.05) is 29.6 Å². The summed E-state index contributed by atoms with van der Waals surface area (Å²) in [5.41, 5.74) is 4.86. The number of allylic oxidation sites excluding steroid dienone is 1. The minimum absolute atomic E-state index is 0.196. The van der Waals surface area contributed by atoms with Gasteiger partial charge >= 0.3 is 5.97 Å². The molecular formula is C19H26N2O2Si. The van der Waals surface area contributed by atoms with Crippen molar-refractivity contribution in [3.8, 4) is 0 Å². The molecule has 5 heteroatoms. The number of hydrogen-bond acceptors (Lipinski definition) is 3. The molecule has 1 aliphatic rings. The van der Waals surface area contributed by atoms with Gasteiger partial charge < -0.3 is 9.72 Å². The average molecular weight is 343 g/mol. The molecule has 24 heavy (non-hydrogen) atoms. The number of nitrogens with one attached hydrogen (secondary N) is 2. The molecule has 3 rings (SSSR count). The maximum atomic E-state index is 12.2. The second-order valence-corrected chi connectivity index (χ2v) is 12.8. The second-order valence-electron chi connectivity index (χ2n) is 7.54. The zero-order chi connectivity index (χ0) is 17.5. The summed E-state index contributed by atoms with van der Waals surface area (Å²) in [5, 5.41) is 6.07. The minimum atomic E-state index is -1.44. The summed E-state index contributed by atoms with van der Waals surface area (Å²) in [4.78, 5) is 15.8. The van der Waals surface area contributed by atoms with Gasteiger partial charge in [0.1, 0.15) is 6.04 Å². The van der Waals surface area contributed by atoms with E-state index in [0.717, 1.165) is 5.52 Å². The summed E-state index contributed by atoms with van der Waals surface area (Å²) in [6.07, 6.45) is 0.647. The number of hydrogen-bond donors (Lipinski definition) is 2. The first-order chi connectivity index (χ1) is 11.3. The van der Waals surface area contributed by atoms with E-state index in [2.05, 4.69) is 55.1 Å². The summed E-state index contributed by atoms with van der Waals surface area (Å²) in [6.45, 7) is 10.0. The Hall–Kier alpha value is -1.85. The first-order valence-electron chi connectivity index (χ1n) is 8.44. The molecule has 0 bridgehead atoms. The number of para-hydroxylation sites is 1. The number of carbonyl (C=O) groups excluding carboxylic acids is 1. The highest BCUT2D eigenvalue weighted by Gasteiger charge is 2.30. The first kappa shape index (κ1) is 17.0. The van der Waals surface area contributed by atoms with Gasteiger partial charge in [0.15, 0.2) is 0 Å². The lowest BCUT2D eigenvalue weighted by atomic mass is 10.0. The lowest BCUT2D eigenvalue weighted by Crippen LogP contribution is -2.39. The molecule has 0 spiro atoms. The maximum absolute atomic E-state index is 12.2. The SMILES string of the molecule is COC(=O)[C@@H]1Cc2c([nH]c3ccccc23)/C(=C(\C)[Si](C)(C)C)CN1. The number of ether oxygens (including phenoxy) is 1. The van der Waals surface area contributed by atoms with Crippen molar-refractivity contribution in [2.75, 3.05) is 13.7 Å². The number of methoxy groups -OCH3 is 1. The molecule has 2 aromatic rings. The number of fused-ring (bicyclic) bond motifs is 3. The van der Waals surface area contributed by atoms with E-state index < -0.39 is 8.07 Å². The fourth-order valence-electron chi connectivity index (χ4n) is 3.34. The van der Waals surface area contributed by atoms with Gasteiger partial charge in [-0.3, -0.25) is 10.1 Å². The topological polar surface area (TPSA) is 54.1 Å². The zero-order valence-corrected chi connectivity index (χ0v) is 16.1. The van der Waals surface area contributed by atoms with E-state index in [9.17, 15) is 4.79 Å². The van der Waals surface area contributed by atoms with Gasteiger partial charge in [-0.1, -0.05) is 43.0 Å². The van der Waals surface area contributed by atoms with Crippen molar-refractivity contribution in [1.29, 1.82) is 0 Å². The Labute approximate surface area is 144 Å². The fourth-order valence-corrected chi connectivity index (χ4v) is 4.46. The minimum Gasteiger partial charge on any atom is -0.468 e. The van der Waals surface area contributed by atoms with Crippen molar-refractivity contribution in [2.24, 2.45) is 0 Å². The van der Waals surface area contributed by atoms with Crippen LogP contribution in [0.25, 0.3) is 16.5 Å². The van der Waals surface area contributed by atoms with Crippen molar-refractivity contribution in [2.45, 2.75) is 39.0 Å². The van der Waals surface area contributed by atoms with Crippen molar-refractivity contribution in [3.63, 3.8) is 0 Å². The molecule has 128 valence electrons. The van der Waals surface area contributed by atoms with Crippen LogP contribution in [0.4, 0.5) is 0 Å². The van der Waals surface area contributed by atoms with E-state index in [1.54, 1.807) is 0 Å². The van der Waals surface area contributed by atoms with Crippen LogP contribution < -0.4 is 5.32 Å². The Balaban J connectivity index is 2.22. The number of aromatic amines is 1. The number of rotatable bonds is 2. The molecule has 2 heterocycles. The van der Waals surface area contributed by atoms with E-state index in [1.165, 1.54) is 34.5 Å².